The van der Waals surface area contributed by atoms with Crippen molar-refractivity contribution in [3.8, 4) is 0 Å². The number of rotatable bonds is 2. The Morgan fingerprint density at radius 2 is 1.88 bits per heavy atom. The number of likely N-dealkylation sites (N-methyl/N-ethyl adjacent to an activating group) is 1. The van der Waals surface area contributed by atoms with Crippen LogP contribution in [0.25, 0.3) is 0 Å². The van der Waals surface area contributed by atoms with E-state index in [0.717, 1.165) is 0 Å². The number of nitrogens with zero attached hydrogens (tertiary/aromatic N) is 2. The second kappa shape index (κ2) is 6.02. The van der Waals surface area contributed by atoms with E-state index in [0.29, 0.717) is 11.5 Å². The van der Waals surface area contributed by atoms with Crippen molar-refractivity contribution in [1.29, 1.82) is 0 Å². The van der Waals surface area contributed by atoms with Crippen molar-refractivity contribution in [3.05, 3.63) is 0 Å². The zero-order valence-electron chi connectivity index (χ0n) is 11.9. The fourth-order valence-corrected chi connectivity index (χ4v) is 2.73. The highest BCUT2D eigenvalue weighted by Gasteiger charge is 2.25. The Morgan fingerprint density at radius 3 is 2.44 bits per heavy atom. The van der Waals surface area contributed by atoms with Crippen LogP contribution in [-0.4, -0.2) is 49.1 Å². The quantitative estimate of drug-likeness (QED) is 0.714. The number of hydrogen-bond donors (Lipinski definition) is 0. The van der Waals surface area contributed by atoms with Crippen molar-refractivity contribution in [2.24, 2.45) is 5.41 Å². The summed E-state index contributed by atoms with van der Waals surface area (Å²) < 4.78 is 0. The van der Waals surface area contributed by atoms with E-state index in [4.69, 9.17) is 0 Å². The van der Waals surface area contributed by atoms with Crippen molar-refractivity contribution in [1.82, 2.24) is 9.80 Å². The predicted octanol–water partition coefficient (Wildman–Crippen LogP) is 2.84. The molecule has 96 valence electrons. The zero-order chi connectivity index (χ0) is 12.2. The average Bonchev–Trinajstić information content (AvgIpc) is 2.28. The van der Waals surface area contributed by atoms with Gasteiger partial charge < -0.3 is 4.90 Å². The maximum Gasteiger partial charge on any atom is 0.0112 e. The monoisotopic (exact) mass is 226 g/mol. The van der Waals surface area contributed by atoms with Gasteiger partial charge in [0, 0.05) is 25.7 Å². The van der Waals surface area contributed by atoms with Gasteiger partial charge in [-0.25, -0.2) is 0 Å². The molecule has 1 unspecified atom stereocenters. The van der Waals surface area contributed by atoms with Gasteiger partial charge >= 0.3 is 0 Å². The lowest BCUT2D eigenvalue weighted by atomic mass is 9.82. The van der Waals surface area contributed by atoms with Crippen LogP contribution in [0.5, 0.6) is 0 Å². The van der Waals surface area contributed by atoms with E-state index in [1.807, 2.05) is 0 Å². The molecule has 0 amide bonds. The lowest BCUT2D eigenvalue weighted by molar-refractivity contribution is 0.171. The average molecular weight is 226 g/mol. The molecule has 1 aliphatic heterocycles. The summed E-state index contributed by atoms with van der Waals surface area (Å²) >= 11 is 0. The van der Waals surface area contributed by atoms with Gasteiger partial charge in [-0.2, -0.15) is 0 Å². The molecule has 1 aliphatic rings. The number of hydrogen-bond acceptors (Lipinski definition) is 2. The second-order valence-electron chi connectivity index (χ2n) is 6.14. The largest absolute Gasteiger partial charge is 0.305 e. The van der Waals surface area contributed by atoms with Crippen molar-refractivity contribution >= 4 is 0 Å². The van der Waals surface area contributed by atoms with Gasteiger partial charge in [0.05, 0.1) is 0 Å². The first-order valence-electron chi connectivity index (χ1n) is 6.89. The minimum atomic E-state index is 0.530. The Kier molecular flexibility index (Phi) is 5.26. The molecule has 1 saturated heterocycles. The first-order valence-corrected chi connectivity index (χ1v) is 6.89. The van der Waals surface area contributed by atoms with Gasteiger partial charge in [-0.3, -0.25) is 4.90 Å². The minimum absolute atomic E-state index is 0.530. The molecule has 0 aromatic carbocycles. The van der Waals surface area contributed by atoms with Crippen molar-refractivity contribution in [2.75, 3.05) is 33.2 Å². The van der Waals surface area contributed by atoms with E-state index in [2.05, 4.69) is 44.5 Å². The van der Waals surface area contributed by atoms with Crippen LogP contribution in [0.1, 0.15) is 47.0 Å². The fourth-order valence-electron chi connectivity index (χ4n) is 2.73. The first-order chi connectivity index (χ1) is 7.47. The van der Waals surface area contributed by atoms with Gasteiger partial charge in [-0.1, -0.05) is 13.8 Å². The molecule has 2 heteroatoms. The van der Waals surface area contributed by atoms with Crippen molar-refractivity contribution in [2.45, 2.75) is 53.0 Å². The zero-order valence-corrected chi connectivity index (χ0v) is 11.9. The normalized spacial score (nSPS) is 31.1. The van der Waals surface area contributed by atoms with Crippen LogP contribution < -0.4 is 0 Å². The van der Waals surface area contributed by atoms with E-state index < -0.39 is 0 Å². The van der Waals surface area contributed by atoms with Gasteiger partial charge in [0.15, 0.2) is 0 Å². The van der Waals surface area contributed by atoms with Crippen LogP contribution in [0.2, 0.25) is 0 Å². The molecule has 0 N–H and O–H groups in total. The third kappa shape index (κ3) is 4.06. The van der Waals surface area contributed by atoms with Crippen LogP contribution in [0.15, 0.2) is 0 Å². The van der Waals surface area contributed by atoms with Crippen LogP contribution in [0, 0.1) is 5.41 Å². The maximum atomic E-state index is 2.62. The lowest BCUT2D eigenvalue weighted by Crippen LogP contribution is -2.38. The molecule has 1 atom stereocenters. The van der Waals surface area contributed by atoms with Crippen LogP contribution in [0.3, 0.4) is 0 Å². The molecule has 1 rings (SSSR count). The van der Waals surface area contributed by atoms with Gasteiger partial charge in [-0.15, -0.1) is 0 Å². The van der Waals surface area contributed by atoms with E-state index in [-0.39, 0.29) is 0 Å². The molecule has 1 heterocycles. The van der Waals surface area contributed by atoms with E-state index in [1.54, 1.807) is 0 Å². The summed E-state index contributed by atoms with van der Waals surface area (Å²) in [6.45, 7) is 14.4. The maximum absolute atomic E-state index is 2.62. The molecule has 1 fully saturated rings. The molecule has 0 bridgehead atoms. The molecule has 0 saturated carbocycles. The molecule has 2 nitrogen and oxygen atoms in total. The lowest BCUT2D eigenvalue weighted by Gasteiger charge is -2.32. The Labute approximate surface area is 102 Å². The van der Waals surface area contributed by atoms with Crippen LogP contribution in [0.4, 0.5) is 0 Å². The van der Waals surface area contributed by atoms with Crippen molar-refractivity contribution < 1.29 is 0 Å². The summed E-state index contributed by atoms with van der Waals surface area (Å²) in [5.41, 5.74) is 0.530. The Hall–Kier alpha value is -0.0800. The van der Waals surface area contributed by atoms with Gasteiger partial charge in [-0.05, 0) is 52.1 Å². The Balaban J connectivity index is 2.60. The van der Waals surface area contributed by atoms with E-state index in [1.165, 1.54) is 45.4 Å². The summed E-state index contributed by atoms with van der Waals surface area (Å²) in [6.07, 6.45) is 4.03. The standard InChI is InChI=1S/C14H30N2/c1-6-14(4)8-7-9-16(13(2)3)11-10-15(5)12-14/h13H,6-12H2,1-5H3. The van der Waals surface area contributed by atoms with Crippen LogP contribution in [-0.2, 0) is 0 Å². The van der Waals surface area contributed by atoms with Crippen LogP contribution >= 0.6 is 0 Å². The van der Waals surface area contributed by atoms with Crippen molar-refractivity contribution in [3.63, 3.8) is 0 Å². The highest BCUT2D eigenvalue weighted by atomic mass is 15.2. The molecule has 0 spiro atoms. The topological polar surface area (TPSA) is 6.48 Å². The molecule has 0 aromatic heterocycles. The van der Waals surface area contributed by atoms with Gasteiger partial charge in [0.1, 0.15) is 0 Å². The summed E-state index contributed by atoms with van der Waals surface area (Å²) in [7, 11) is 2.28. The molecule has 0 radical (unpaired) electrons. The Bertz CT molecular complexity index is 203. The summed E-state index contributed by atoms with van der Waals surface area (Å²) in [4.78, 5) is 5.14. The van der Waals surface area contributed by atoms with Gasteiger partial charge in [0.25, 0.3) is 0 Å². The summed E-state index contributed by atoms with van der Waals surface area (Å²) in [5.74, 6) is 0. The van der Waals surface area contributed by atoms with E-state index >= 15 is 0 Å². The third-order valence-corrected chi connectivity index (χ3v) is 4.23. The third-order valence-electron chi connectivity index (χ3n) is 4.23. The highest BCUT2D eigenvalue weighted by molar-refractivity contribution is 4.79. The smallest absolute Gasteiger partial charge is 0.0112 e. The highest BCUT2D eigenvalue weighted by Crippen LogP contribution is 2.29. The molecule has 0 aliphatic carbocycles. The molecule has 16 heavy (non-hydrogen) atoms. The minimum Gasteiger partial charge on any atom is -0.305 e. The summed E-state index contributed by atoms with van der Waals surface area (Å²) in [6, 6.07) is 0.694. The van der Waals surface area contributed by atoms with E-state index in [9.17, 15) is 0 Å². The van der Waals surface area contributed by atoms with Gasteiger partial charge in [0.2, 0.25) is 0 Å². The SMILES string of the molecule is CCC1(C)CCCN(C(C)C)CCN(C)C1. The Morgan fingerprint density at radius 1 is 1.19 bits per heavy atom. The molecular formula is C14H30N2. The second-order valence-corrected chi connectivity index (χ2v) is 6.14. The first kappa shape index (κ1) is 14.0. The molecular weight excluding hydrogens is 196 g/mol. The summed E-state index contributed by atoms with van der Waals surface area (Å²) in [5, 5.41) is 0. The molecule has 0 aromatic rings. The fraction of sp³-hybridized carbons (Fsp3) is 1.00. The predicted molar refractivity (Wildman–Crippen MR) is 71.8 cm³/mol.